The van der Waals surface area contributed by atoms with Gasteiger partial charge in [-0.25, -0.2) is 0 Å². The van der Waals surface area contributed by atoms with Crippen LogP contribution in [0, 0.1) is 0 Å². The number of rotatable bonds is 5. The smallest absolute Gasteiger partial charge is 0.270 e. The number of carbonyl (C=O) groups is 1. The van der Waals surface area contributed by atoms with E-state index < -0.39 is 0 Å². The van der Waals surface area contributed by atoms with E-state index in [-0.39, 0.29) is 34.1 Å². The molecule has 3 aromatic rings. The minimum Gasteiger partial charge on any atom is -0.487 e. The van der Waals surface area contributed by atoms with Gasteiger partial charge in [-0.05, 0) is 44.9 Å². The average Bonchev–Trinajstić information content (AvgIpc) is 3.03. The molecule has 1 fully saturated rings. The van der Waals surface area contributed by atoms with Crippen LogP contribution >= 0.6 is 11.8 Å². The first-order chi connectivity index (χ1) is 16.4. The summed E-state index contributed by atoms with van der Waals surface area (Å²) in [6, 6.07) is 13.4. The summed E-state index contributed by atoms with van der Waals surface area (Å²) in [5, 5.41) is 5.65. The number of pyridine rings is 1. The van der Waals surface area contributed by atoms with Crippen molar-refractivity contribution in [1.29, 1.82) is 0 Å². The molecular weight excluding hydrogens is 452 g/mol. The summed E-state index contributed by atoms with van der Waals surface area (Å²) in [5.41, 5.74) is 1.73. The Morgan fingerprint density at radius 3 is 2.82 bits per heavy atom. The van der Waals surface area contributed by atoms with E-state index in [1.165, 1.54) is 11.8 Å². The summed E-state index contributed by atoms with van der Waals surface area (Å²) in [5.74, 6) is 1.34. The van der Waals surface area contributed by atoms with Crippen molar-refractivity contribution in [3.05, 3.63) is 75.8 Å². The van der Waals surface area contributed by atoms with E-state index in [1.807, 2.05) is 61.0 Å². The first-order valence-corrected chi connectivity index (χ1v) is 12.5. The summed E-state index contributed by atoms with van der Waals surface area (Å²) < 4.78 is 13.8. The highest BCUT2D eigenvalue weighted by Crippen LogP contribution is 2.44. The van der Waals surface area contributed by atoms with Crippen molar-refractivity contribution in [2.75, 3.05) is 17.7 Å². The molecule has 34 heavy (non-hydrogen) atoms. The van der Waals surface area contributed by atoms with Crippen LogP contribution in [0.1, 0.15) is 54.8 Å². The van der Waals surface area contributed by atoms with Gasteiger partial charge < -0.3 is 14.8 Å². The Bertz CT molecular complexity index is 1240. The minimum atomic E-state index is -0.355. The van der Waals surface area contributed by atoms with Crippen LogP contribution in [0.4, 0.5) is 5.82 Å². The van der Waals surface area contributed by atoms with Crippen LogP contribution in [0.15, 0.2) is 53.5 Å². The van der Waals surface area contributed by atoms with Crippen molar-refractivity contribution < 1.29 is 14.3 Å². The van der Waals surface area contributed by atoms with Crippen molar-refractivity contribution in [1.82, 2.24) is 14.8 Å². The highest BCUT2D eigenvalue weighted by molar-refractivity contribution is 8.00. The number of aromatic nitrogens is 3. The molecule has 1 aromatic carbocycles. The van der Waals surface area contributed by atoms with Gasteiger partial charge in [-0.2, -0.15) is 0 Å². The molecule has 0 radical (unpaired) electrons. The fraction of sp³-hybridized carbons (Fsp3) is 0.400. The maximum Gasteiger partial charge on any atom is 0.270 e. The minimum absolute atomic E-state index is 0.0277. The molecule has 2 atom stereocenters. The molecule has 4 heterocycles. The highest BCUT2D eigenvalue weighted by Gasteiger charge is 2.36. The quantitative estimate of drug-likeness (QED) is 0.572. The van der Waals surface area contributed by atoms with Crippen molar-refractivity contribution in [3.8, 4) is 5.75 Å². The molecule has 9 heteroatoms. The topological polar surface area (TPSA) is 98.2 Å². The van der Waals surface area contributed by atoms with Crippen molar-refractivity contribution in [3.63, 3.8) is 0 Å². The van der Waals surface area contributed by atoms with Crippen molar-refractivity contribution in [2.45, 2.75) is 50.2 Å². The molecule has 0 saturated carbocycles. The number of thioether (sulfide) groups is 1. The van der Waals surface area contributed by atoms with Crippen LogP contribution in [-0.4, -0.2) is 38.6 Å². The summed E-state index contributed by atoms with van der Waals surface area (Å²) in [7, 11) is 0. The third-order valence-electron chi connectivity index (χ3n) is 6.20. The van der Waals surface area contributed by atoms with E-state index in [1.54, 1.807) is 6.20 Å². The number of para-hydroxylation sites is 1. The molecular formula is C25H28N4O4S. The number of carbonyl (C=O) groups excluding carboxylic acids is 1. The predicted molar refractivity (Wildman–Crippen MR) is 131 cm³/mol. The van der Waals surface area contributed by atoms with Gasteiger partial charge in [-0.3, -0.25) is 24.4 Å². The van der Waals surface area contributed by atoms with Crippen molar-refractivity contribution >= 4 is 23.5 Å². The Labute approximate surface area is 202 Å². The number of nitrogens with one attached hydrogen (secondary N) is 2. The van der Waals surface area contributed by atoms with E-state index in [0.717, 1.165) is 24.1 Å². The number of aromatic amines is 1. The monoisotopic (exact) mass is 480 g/mol. The molecule has 1 saturated heterocycles. The molecule has 2 N–H and O–H groups in total. The summed E-state index contributed by atoms with van der Waals surface area (Å²) >= 11 is 1.43. The average molecular weight is 481 g/mol. The Morgan fingerprint density at radius 2 is 2.03 bits per heavy atom. The number of nitrogens with zero attached hydrogens (tertiary/aromatic N) is 2. The lowest BCUT2D eigenvalue weighted by Gasteiger charge is -2.36. The number of hydrogen-bond acceptors (Lipinski definition) is 6. The van der Waals surface area contributed by atoms with Gasteiger partial charge in [0.25, 0.3) is 5.56 Å². The van der Waals surface area contributed by atoms with Crippen LogP contribution in [0.2, 0.25) is 0 Å². The van der Waals surface area contributed by atoms with E-state index in [2.05, 4.69) is 15.4 Å². The summed E-state index contributed by atoms with van der Waals surface area (Å²) in [4.78, 5) is 30.3. The Hall–Kier alpha value is -3.04. The van der Waals surface area contributed by atoms with Gasteiger partial charge in [0.2, 0.25) is 5.91 Å². The molecule has 0 aliphatic carbocycles. The van der Waals surface area contributed by atoms with Gasteiger partial charge in [0.1, 0.15) is 18.2 Å². The zero-order valence-electron chi connectivity index (χ0n) is 19.2. The second-order valence-corrected chi connectivity index (χ2v) is 10.3. The maximum absolute atomic E-state index is 13.3. The number of anilines is 1. The van der Waals surface area contributed by atoms with Gasteiger partial charge in [-0.1, -0.05) is 24.3 Å². The second-order valence-electron chi connectivity index (χ2n) is 9.21. The predicted octanol–water partition coefficient (Wildman–Crippen LogP) is 4.06. The number of benzene rings is 1. The third-order valence-corrected chi connectivity index (χ3v) is 7.45. The van der Waals surface area contributed by atoms with Gasteiger partial charge in [0.05, 0.1) is 33.9 Å². The first-order valence-electron chi connectivity index (χ1n) is 11.4. The normalized spacial score (nSPS) is 21.9. The van der Waals surface area contributed by atoms with Crippen LogP contribution in [0.25, 0.3) is 0 Å². The Morgan fingerprint density at radius 1 is 1.21 bits per heavy atom. The molecule has 0 bridgehead atoms. The summed E-state index contributed by atoms with van der Waals surface area (Å²) in [6.07, 6.45) is 3.23. The molecule has 5 rings (SSSR count). The van der Waals surface area contributed by atoms with Gasteiger partial charge in [0, 0.05) is 18.4 Å². The fourth-order valence-electron chi connectivity index (χ4n) is 4.65. The number of amides is 1. The molecule has 0 spiro atoms. The van der Waals surface area contributed by atoms with E-state index in [0.29, 0.717) is 30.3 Å². The Balaban J connectivity index is 1.52. The second kappa shape index (κ2) is 9.31. The van der Waals surface area contributed by atoms with Crippen LogP contribution in [0.5, 0.6) is 5.75 Å². The van der Waals surface area contributed by atoms with Gasteiger partial charge in [-0.15, -0.1) is 11.8 Å². The third kappa shape index (κ3) is 4.63. The zero-order chi connectivity index (χ0) is 23.7. The molecule has 0 unspecified atom stereocenters. The molecule has 2 aliphatic rings. The van der Waals surface area contributed by atoms with E-state index in [9.17, 15) is 9.59 Å². The standard InChI is InChI=1S/C25H28N4O4S/c1-25(2)13-17(10-12-33-25)29-23-21(24(31)28-29)22(34-15-20(30)27-23)18-8-3-4-9-19(18)32-14-16-7-5-6-11-26-16/h3-9,11,17,22H,10,12-15H2,1-2H3,(H,27,30)(H,28,31)/t17-,22+/m1/s1. The zero-order valence-corrected chi connectivity index (χ0v) is 20.1. The van der Waals surface area contributed by atoms with Gasteiger partial charge >= 0.3 is 0 Å². The molecule has 2 aromatic heterocycles. The fourth-order valence-corrected chi connectivity index (χ4v) is 5.80. The maximum atomic E-state index is 13.3. The molecule has 8 nitrogen and oxygen atoms in total. The lowest BCUT2D eigenvalue weighted by molar-refractivity contribution is -0.113. The number of H-pyrrole nitrogens is 1. The van der Waals surface area contributed by atoms with Crippen LogP contribution in [0.3, 0.4) is 0 Å². The lowest BCUT2D eigenvalue weighted by Crippen LogP contribution is -2.36. The lowest BCUT2D eigenvalue weighted by atomic mass is 9.94. The van der Waals surface area contributed by atoms with Gasteiger partial charge in [0.15, 0.2) is 0 Å². The highest BCUT2D eigenvalue weighted by atomic mass is 32.2. The molecule has 2 aliphatic heterocycles. The van der Waals surface area contributed by atoms with E-state index in [4.69, 9.17) is 9.47 Å². The Kier molecular flexibility index (Phi) is 6.22. The molecule has 1 amide bonds. The SMILES string of the molecule is CC1(C)C[C@H](n2[nH]c(=O)c3c2NC(=O)CS[C@H]3c2ccccc2OCc2ccccn2)CCO1. The first kappa shape index (κ1) is 22.7. The number of hydrogen-bond donors (Lipinski definition) is 2. The summed E-state index contributed by atoms with van der Waals surface area (Å²) in [6.45, 7) is 5.01. The van der Waals surface area contributed by atoms with Crippen molar-refractivity contribution in [2.24, 2.45) is 0 Å². The number of ether oxygens (including phenoxy) is 2. The van der Waals surface area contributed by atoms with E-state index >= 15 is 0 Å². The van der Waals surface area contributed by atoms with Crippen LogP contribution in [-0.2, 0) is 16.1 Å². The number of fused-ring (bicyclic) bond motifs is 1. The molecule has 178 valence electrons. The van der Waals surface area contributed by atoms with Crippen LogP contribution < -0.4 is 15.6 Å². The largest absolute Gasteiger partial charge is 0.487 e.